The van der Waals surface area contributed by atoms with Gasteiger partial charge in [0.15, 0.2) is 6.10 Å². The lowest BCUT2D eigenvalue weighted by Crippen LogP contribution is -2.30. The Kier molecular flexibility index (Phi) is 33.6. The molecule has 0 saturated carbocycles. The first kappa shape index (κ1) is 52.8. The Labute approximate surface area is 330 Å². The molecule has 320 valence electrons. The van der Waals surface area contributed by atoms with Crippen LogP contribution in [0.1, 0.15) is 136 Å². The zero-order valence-corrected chi connectivity index (χ0v) is 34.5. The third-order valence-electron chi connectivity index (χ3n) is 8.53. The van der Waals surface area contributed by atoms with E-state index >= 15 is 0 Å². The number of hydrogen-bond acceptors (Lipinski definition) is 12. The number of aliphatic hydroxyl groups is 5. The van der Waals surface area contributed by atoms with Crippen molar-refractivity contribution >= 4 is 19.8 Å². The van der Waals surface area contributed by atoms with Crippen LogP contribution in [0.4, 0.5) is 0 Å². The molecule has 0 spiro atoms. The van der Waals surface area contributed by atoms with Gasteiger partial charge in [-0.15, -0.1) is 0 Å². The smallest absolute Gasteiger partial charge is 0.462 e. The highest BCUT2D eigenvalue weighted by Crippen LogP contribution is 2.43. The van der Waals surface area contributed by atoms with Crippen LogP contribution in [0.25, 0.3) is 0 Å². The van der Waals surface area contributed by atoms with Gasteiger partial charge in [-0.05, 0) is 31.6 Å². The molecule has 6 N–H and O–H groups in total. The number of hydrogen-bond donors (Lipinski definition) is 6. The zero-order valence-electron chi connectivity index (χ0n) is 33.6. The van der Waals surface area contributed by atoms with Crippen LogP contribution in [-0.2, 0) is 32.7 Å². The predicted octanol–water partition coefficient (Wildman–Crippen LogP) is 6.93. The summed E-state index contributed by atoms with van der Waals surface area (Å²) in [5.74, 6) is -0.506. The van der Waals surface area contributed by atoms with Gasteiger partial charge in [0.2, 0.25) is 0 Å². The van der Waals surface area contributed by atoms with Crippen LogP contribution in [0, 0.1) is 5.92 Å². The average molecular weight is 805 g/mol. The Morgan fingerprint density at radius 3 is 1.80 bits per heavy atom. The first-order valence-electron chi connectivity index (χ1n) is 20.3. The lowest BCUT2D eigenvalue weighted by Gasteiger charge is -2.20. The summed E-state index contributed by atoms with van der Waals surface area (Å²) in [6.45, 7) is 4.13. The average Bonchev–Trinajstić information content (AvgIpc) is 3.14. The minimum absolute atomic E-state index is 0.0664. The van der Waals surface area contributed by atoms with Crippen molar-refractivity contribution in [2.24, 2.45) is 5.92 Å². The Bertz CT molecular complexity index is 1120. The van der Waals surface area contributed by atoms with E-state index in [1.54, 1.807) is 42.5 Å². The summed E-state index contributed by atoms with van der Waals surface area (Å²) in [4.78, 5) is 34.9. The third kappa shape index (κ3) is 34.8. The van der Waals surface area contributed by atoms with Crippen molar-refractivity contribution in [2.45, 2.75) is 167 Å². The van der Waals surface area contributed by atoms with E-state index in [0.29, 0.717) is 6.42 Å². The van der Waals surface area contributed by atoms with Crippen molar-refractivity contribution in [2.75, 3.05) is 26.4 Å². The van der Waals surface area contributed by atoms with Gasteiger partial charge in [-0.2, -0.15) is 0 Å². The van der Waals surface area contributed by atoms with Gasteiger partial charge in [0.25, 0.3) is 0 Å². The molecular formula is C41H73O13P. The molecule has 0 radical (unpaired) electrons. The van der Waals surface area contributed by atoms with Gasteiger partial charge in [0.05, 0.1) is 38.1 Å². The van der Waals surface area contributed by atoms with E-state index in [9.17, 15) is 39.5 Å². The Hall–Kier alpha value is -2.19. The molecule has 0 fully saturated rings. The van der Waals surface area contributed by atoms with Gasteiger partial charge in [-0.3, -0.25) is 18.6 Å². The maximum Gasteiger partial charge on any atom is 0.472 e. The van der Waals surface area contributed by atoms with Crippen molar-refractivity contribution in [3.63, 3.8) is 0 Å². The minimum Gasteiger partial charge on any atom is -0.462 e. The van der Waals surface area contributed by atoms with Gasteiger partial charge < -0.3 is 39.9 Å². The van der Waals surface area contributed by atoms with Crippen LogP contribution in [0.5, 0.6) is 0 Å². The number of ether oxygens (including phenoxy) is 2. The number of allylic oxidation sites excluding steroid dienone is 6. The molecule has 14 heteroatoms. The molecule has 0 heterocycles. The second kappa shape index (κ2) is 35.0. The van der Waals surface area contributed by atoms with Gasteiger partial charge in [-0.25, -0.2) is 4.57 Å². The molecule has 6 atom stereocenters. The molecule has 0 aliphatic carbocycles. The topological polar surface area (TPSA) is 210 Å². The summed E-state index contributed by atoms with van der Waals surface area (Å²) in [5, 5.41) is 48.7. The molecule has 55 heavy (non-hydrogen) atoms. The molecule has 0 bridgehead atoms. The zero-order chi connectivity index (χ0) is 41.2. The van der Waals surface area contributed by atoms with Crippen LogP contribution >= 0.6 is 7.82 Å². The second-order valence-corrected chi connectivity index (χ2v) is 15.8. The molecule has 0 amide bonds. The molecule has 0 aliphatic rings. The van der Waals surface area contributed by atoms with Crippen molar-refractivity contribution < 1.29 is 63.1 Å². The van der Waals surface area contributed by atoms with E-state index in [1.807, 2.05) is 0 Å². The fourth-order valence-corrected chi connectivity index (χ4v) is 6.00. The van der Waals surface area contributed by atoms with Gasteiger partial charge in [0.1, 0.15) is 12.7 Å². The molecule has 1 unspecified atom stereocenters. The quantitative estimate of drug-likeness (QED) is 0.0164. The number of phosphoric acid groups is 1. The first-order valence-corrected chi connectivity index (χ1v) is 21.8. The molecule has 0 aromatic rings. The van der Waals surface area contributed by atoms with Gasteiger partial charge >= 0.3 is 19.8 Å². The van der Waals surface area contributed by atoms with Crippen LogP contribution < -0.4 is 0 Å². The standard InChI is InChI=1S/C41H73O13P/c1-4-5-17-24-35(43)25-19-14-11-12-15-20-26-38(45)39(46)27-22-29-41(48)54-37(33-53-55(49,50)52-31-36(44)30-42)32-51-40(47)28-21-16-10-8-6-7-9-13-18-23-34(2)3/h11-12,14-15,19-20,25-26,34-39,42-46H,4-10,13,16-18,21-24,27-33H2,1-3H3,(H,49,50)/b14-11-,15-12+,25-19+,26-20+/t35-,36-,37+,38-,39-/m0/s1. The van der Waals surface area contributed by atoms with Crippen LogP contribution in [0.15, 0.2) is 48.6 Å². The maximum absolute atomic E-state index is 12.6. The Morgan fingerprint density at radius 2 is 1.18 bits per heavy atom. The SMILES string of the molecule is CCCCC[C@H](O)/C=C/C=C\C=C\C=C\[C@H](O)[C@@H](O)CCCC(=O)O[C@H](COC(=O)CCCCCCCCCCCC(C)C)COP(=O)(O)OC[C@@H](O)CO. The largest absolute Gasteiger partial charge is 0.472 e. The highest BCUT2D eigenvalue weighted by molar-refractivity contribution is 7.47. The normalized spacial score (nSPS) is 16.3. The van der Waals surface area contributed by atoms with E-state index in [0.717, 1.165) is 50.9 Å². The Balaban J connectivity index is 4.71. The fourth-order valence-electron chi connectivity index (χ4n) is 5.21. The van der Waals surface area contributed by atoms with Crippen LogP contribution in [0.3, 0.4) is 0 Å². The van der Waals surface area contributed by atoms with Crippen LogP contribution in [0.2, 0.25) is 0 Å². The number of carbonyl (C=O) groups is 2. The predicted molar refractivity (Wildman–Crippen MR) is 214 cm³/mol. The van der Waals surface area contributed by atoms with E-state index in [-0.39, 0.29) is 25.7 Å². The lowest BCUT2D eigenvalue weighted by molar-refractivity contribution is -0.161. The van der Waals surface area contributed by atoms with Gasteiger partial charge in [-0.1, -0.05) is 146 Å². The molecule has 0 saturated heterocycles. The lowest BCUT2D eigenvalue weighted by atomic mass is 10.0. The number of esters is 2. The van der Waals surface area contributed by atoms with Crippen molar-refractivity contribution in [3.05, 3.63) is 48.6 Å². The molecule has 13 nitrogen and oxygen atoms in total. The number of phosphoric ester groups is 1. The number of rotatable bonds is 36. The van der Waals surface area contributed by atoms with Crippen molar-refractivity contribution in [1.29, 1.82) is 0 Å². The van der Waals surface area contributed by atoms with Crippen molar-refractivity contribution in [1.82, 2.24) is 0 Å². The number of carbonyl (C=O) groups excluding carboxylic acids is 2. The third-order valence-corrected chi connectivity index (χ3v) is 9.48. The first-order chi connectivity index (χ1) is 26.3. The minimum atomic E-state index is -4.71. The summed E-state index contributed by atoms with van der Waals surface area (Å²) in [6.07, 6.45) is 23.2. The van der Waals surface area contributed by atoms with Gasteiger partial charge in [0, 0.05) is 12.8 Å². The van der Waals surface area contributed by atoms with Crippen LogP contribution in [-0.4, -0.2) is 99.3 Å². The number of aliphatic hydroxyl groups excluding tert-OH is 5. The molecule has 0 aliphatic heterocycles. The highest BCUT2D eigenvalue weighted by atomic mass is 31.2. The monoisotopic (exact) mass is 804 g/mol. The highest BCUT2D eigenvalue weighted by Gasteiger charge is 2.27. The molecular weight excluding hydrogens is 731 g/mol. The fraction of sp³-hybridized carbons (Fsp3) is 0.756. The summed E-state index contributed by atoms with van der Waals surface area (Å²) in [7, 11) is -4.71. The summed E-state index contributed by atoms with van der Waals surface area (Å²) >= 11 is 0. The number of unbranched alkanes of at least 4 members (excludes halogenated alkanes) is 10. The summed E-state index contributed by atoms with van der Waals surface area (Å²) < 4.78 is 32.4. The second-order valence-electron chi connectivity index (χ2n) is 14.4. The molecule has 0 aromatic heterocycles. The van der Waals surface area contributed by atoms with E-state index in [4.69, 9.17) is 19.1 Å². The summed E-state index contributed by atoms with van der Waals surface area (Å²) in [5.41, 5.74) is 0. The van der Waals surface area contributed by atoms with E-state index in [2.05, 4.69) is 25.3 Å². The molecule has 0 rings (SSSR count). The van der Waals surface area contributed by atoms with E-state index < -0.39 is 76.7 Å². The Morgan fingerprint density at radius 1 is 0.636 bits per heavy atom. The molecule has 0 aromatic carbocycles. The maximum atomic E-state index is 12.6. The summed E-state index contributed by atoms with van der Waals surface area (Å²) in [6, 6.07) is 0. The van der Waals surface area contributed by atoms with Crippen molar-refractivity contribution in [3.8, 4) is 0 Å². The van der Waals surface area contributed by atoms with E-state index in [1.165, 1.54) is 44.6 Å².